The van der Waals surface area contributed by atoms with E-state index >= 15 is 0 Å². The van der Waals surface area contributed by atoms with Crippen LogP contribution >= 0.6 is 0 Å². The zero-order valence-corrected chi connectivity index (χ0v) is 21.9. The van der Waals surface area contributed by atoms with Crippen LogP contribution in [0.4, 0.5) is 10.1 Å². The van der Waals surface area contributed by atoms with Crippen LogP contribution in [-0.4, -0.2) is 36.9 Å². The van der Waals surface area contributed by atoms with Crippen molar-refractivity contribution in [1.29, 1.82) is 0 Å². The van der Waals surface area contributed by atoms with Crippen molar-refractivity contribution in [1.82, 2.24) is 4.90 Å². The first-order chi connectivity index (χ1) is 17.4. The first-order valence-electron chi connectivity index (χ1n) is 13.0. The summed E-state index contributed by atoms with van der Waals surface area (Å²) in [6.45, 7) is 12.6. The van der Waals surface area contributed by atoms with Gasteiger partial charge in [0, 0.05) is 49.8 Å². The minimum atomic E-state index is -0.134. The van der Waals surface area contributed by atoms with Gasteiger partial charge in [0.2, 0.25) is 0 Å². The van der Waals surface area contributed by atoms with Crippen molar-refractivity contribution >= 4 is 11.5 Å². The number of nitrogens with zero attached hydrogens (tertiary/aromatic N) is 2. The van der Waals surface area contributed by atoms with E-state index in [1.54, 1.807) is 6.07 Å². The van der Waals surface area contributed by atoms with E-state index in [1.807, 2.05) is 51.1 Å². The minimum Gasteiger partial charge on any atom is -0.489 e. The van der Waals surface area contributed by atoms with E-state index in [0.29, 0.717) is 12.3 Å². The molecule has 1 fully saturated rings. The number of carbonyl (C=O) groups excluding carboxylic acids is 1. The molecule has 1 aliphatic rings. The Morgan fingerprint density at radius 2 is 1.67 bits per heavy atom. The van der Waals surface area contributed by atoms with Gasteiger partial charge < -0.3 is 9.64 Å². The fourth-order valence-corrected chi connectivity index (χ4v) is 4.78. The summed E-state index contributed by atoms with van der Waals surface area (Å²) >= 11 is 0. The van der Waals surface area contributed by atoms with Gasteiger partial charge in [0.05, 0.1) is 5.69 Å². The van der Waals surface area contributed by atoms with Crippen molar-refractivity contribution in [3.8, 4) is 5.75 Å². The molecule has 190 valence electrons. The highest BCUT2D eigenvalue weighted by Crippen LogP contribution is 2.27. The maximum Gasteiger partial charge on any atom is 0.165 e. The summed E-state index contributed by atoms with van der Waals surface area (Å²) < 4.78 is 20.5. The molecule has 3 aromatic carbocycles. The third-order valence-electron chi connectivity index (χ3n) is 6.92. The molecule has 0 bridgehead atoms. The number of ether oxygens (including phenoxy) is 1. The van der Waals surface area contributed by atoms with Gasteiger partial charge in [-0.05, 0) is 48.2 Å². The molecular formula is C31H37FN2O2. The number of piperazine rings is 1. The first kappa shape index (κ1) is 25.9. The third kappa shape index (κ3) is 6.14. The van der Waals surface area contributed by atoms with E-state index in [-0.39, 0.29) is 17.5 Å². The van der Waals surface area contributed by atoms with Crippen LogP contribution in [0.3, 0.4) is 0 Å². The molecule has 1 saturated heterocycles. The molecule has 0 radical (unpaired) electrons. The van der Waals surface area contributed by atoms with E-state index in [0.717, 1.165) is 67.1 Å². The molecule has 0 aliphatic carbocycles. The van der Waals surface area contributed by atoms with Crippen LogP contribution in [0.1, 0.15) is 53.4 Å². The minimum absolute atomic E-state index is 0.0372. The van der Waals surface area contributed by atoms with Gasteiger partial charge in [-0.2, -0.15) is 0 Å². The molecule has 5 heteroatoms. The Morgan fingerprint density at radius 3 is 2.31 bits per heavy atom. The third-order valence-corrected chi connectivity index (χ3v) is 6.92. The molecular weight excluding hydrogens is 451 g/mol. The van der Waals surface area contributed by atoms with Gasteiger partial charge in [0.25, 0.3) is 0 Å². The Balaban J connectivity index is 1.31. The second kappa shape index (κ2) is 11.7. The van der Waals surface area contributed by atoms with Gasteiger partial charge in [-0.25, -0.2) is 4.39 Å². The summed E-state index contributed by atoms with van der Waals surface area (Å²) in [5.41, 5.74) is 5.76. The summed E-state index contributed by atoms with van der Waals surface area (Å²) in [6.07, 6.45) is 0.757. The standard InChI is InChI=1S/C31H37FN2O2/c1-5-26-27(31(35)22(2)3)7-6-8-30(26)36-21-25-12-10-24(11-13-25)20-33-15-17-34(18-16-33)29-14-9-23(4)19-28(29)32/h6-14,19,22H,5,15-18,20-21H2,1-4H3. The Hall–Kier alpha value is -3.18. The number of anilines is 1. The molecule has 1 heterocycles. The van der Waals surface area contributed by atoms with E-state index in [4.69, 9.17) is 4.74 Å². The average molecular weight is 489 g/mol. The van der Waals surface area contributed by atoms with Crippen LogP contribution in [0, 0.1) is 18.7 Å². The van der Waals surface area contributed by atoms with Crippen molar-refractivity contribution < 1.29 is 13.9 Å². The number of halogens is 1. The molecule has 36 heavy (non-hydrogen) atoms. The number of benzene rings is 3. The highest BCUT2D eigenvalue weighted by Gasteiger charge is 2.20. The Morgan fingerprint density at radius 1 is 0.972 bits per heavy atom. The Bertz CT molecular complexity index is 1180. The second-order valence-corrected chi connectivity index (χ2v) is 9.98. The highest BCUT2D eigenvalue weighted by molar-refractivity contribution is 5.99. The number of hydrogen-bond acceptors (Lipinski definition) is 4. The topological polar surface area (TPSA) is 32.8 Å². The van der Waals surface area contributed by atoms with Gasteiger partial charge in [-0.3, -0.25) is 9.69 Å². The summed E-state index contributed by atoms with van der Waals surface area (Å²) in [7, 11) is 0. The van der Waals surface area contributed by atoms with Crippen LogP contribution in [0.25, 0.3) is 0 Å². The molecule has 0 unspecified atom stereocenters. The van der Waals surface area contributed by atoms with E-state index in [9.17, 15) is 9.18 Å². The number of Topliss-reactive ketones (excluding diaryl/α,β-unsaturated/α-hetero) is 1. The number of rotatable bonds is 9. The molecule has 4 rings (SSSR count). The lowest BCUT2D eigenvalue weighted by molar-refractivity contribution is 0.0938. The van der Waals surface area contributed by atoms with Crippen molar-refractivity contribution in [3.63, 3.8) is 0 Å². The van der Waals surface area contributed by atoms with Crippen molar-refractivity contribution in [2.24, 2.45) is 5.92 Å². The maximum absolute atomic E-state index is 14.3. The zero-order chi connectivity index (χ0) is 25.7. The molecule has 0 N–H and O–H groups in total. The maximum atomic E-state index is 14.3. The van der Waals surface area contributed by atoms with Crippen LogP contribution < -0.4 is 9.64 Å². The van der Waals surface area contributed by atoms with Crippen LogP contribution in [0.2, 0.25) is 0 Å². The molecule has 3 aromatic rings. The zero-order valence-electron chi connectivity index (χ0n) is 21.9. The molecule has 4 nitrogen and oxygen atoms in total. The lowest BCUT2D eigenvalue weighted by Gasteiger charge is -2.36. The van der Waals surface area contributed by atoms with Crippen molar-refractivity contribution in [3.05, 3.63) is 94.3 Å². The van der Waals surface area contributed by atoms with Gasteiger partial charge in [-0.15, -0.1) is 0 Å². The van der Waals surface area contributed by atoms with Gasteiger partial charge in [0.15, 0.2) is 5.78 Å². The Kier molecular flexibility index (Phi) is 8.42. The molecule has 0 saturated carbocycles. The van der Waals surface area contributed by atoms with Crippen molar-refractivity contribution in [2.75, 3.05) is 31.1 Å². The number of aryl methyl sites for hydroxylation is 1. The van der Waals surface area contributed by atoms with Crippen LogP contribution in [-0.2, 0) is 19.6 Å². The quantitative estimate of drug-likeness (QED) is 0.325. The summed E-state index contributed by atoms with van der Waals surface area (Å²) in [6, 6.07) is 19.8. The van der Waals surface area contributed by atoms with Gasteiger partial charge in [-0.1, -0.05) is 63.2 Å². The fourth-order valence-electron chi connectivity index (χ4n) is 4.78. The summed E-state index contributed by atoms with van der Waals surface area (Å²) in [5.74, 6) is 0.776. The average Bonchev–Trinajstić information content (AvgIpc) is 2.88. The van der Waals surface area contributed by atoms with Crippen LogP contribution in [0.15, 0.2) is 60.7 Å². The lowest BCUT2D eigenvalue weighted by atomic mass is 9.94. The summed E-state index contributed by atoms with van der Waals surface area (Å²) in [4.78, 5) is 17.1. The molecule has 0 aromatic heterocycles. The molecule has 1 aliphatic heterocycles. The highest BCUT2D eigenvalue weighted by atomic mass is 19.1. The number of hydrogen-bond donors (Lipinski definition) is 0. The van der Waals surface area contributed by atoms with E-state index < -0.39 is 0 Å². The number of ketones is 1. The van der Waals surface area contributed by atoms with E-state index in [2.05, 4.69) is 41.0 Å². The SMILES string of the molecule is CCc1c(OCc2ccc(CN3CCN(c4ccc(C)cc4F)CC3)cc2)cccc1C(=O)C(C)C. The van der Waals surface area contributed by atoms with E-state index in [1.165, 1.54) is 5.56 Å². The smallest absolute Gasteiger partial charge is 0.165 e. The molecule has 0 amide bonds. The predicted octanol–water partition coefficient (Wildman–Crippen LogP) is 6.44. The number of carbonyl (C=O) groups is 1. The second-order valence-electron chi connectivity index (χ2n) is 9.98. The van der Waals surface area contributed by atoms with Crippen molar-refractivity contribution in [2.45, 2.75) is 47.3 Å². The largest absolute Gasteiger partial charge is 0.489 e. The summed E-state index contributed by atoms with van der Waals surface area (Å²) in [5, 5.41) is 0. The first-order valence-corrected chi connectivity index (χ1v) is 13.0. The monoisotopic (exact) mass is 488 g/mol. The van der Waals surface area contributed by atoms with Crippen LogP contribution in [0.5, 0.6) is 5.75 Å². The van der Waals surface area contributed by atoms with Gasteiger partial charge >= 0.3 is 0 Å². The molecule has 0 atom stereocenters. The predicted molar refractivity (Wildman–Crippen MR) is 144 cm³/mol. The normalized spacial score (nSPS) is 14.3. The fraction of sp³-hybridized carbons (Fsp3) is 0.387. The Labute approximate surface area is 214 Å². The van der Waals surface area contributed by atoms with Gasteiger partial charge in [0.1, 0.15) is 18.2 Å². The molecule has 0 spiro atoms. The lowest BCUT2D eigenvalue weighted by Crippen LogP contribution is -2.46.